The molecule has 128 valence electrons. The van der Waals surface area contributed by atoms with Gasteiger partial charge in [-0.05, 0) is 28.0 Å². The highest BCUT2D eigenvalue weighted by atomic mass is 16.3. The first-order valence-electron chi connectivity index (χ1n) is 8.51. The van der Waals surface area contributed by atoms with Gasteiger partial charge in [-0.2, -0.15) is 0 Å². The van der Waals surface area contributed by atoms with Gasteiger partial charge in [0.05, 0.1) is 6.54 Å². The summed E-state index contributed by atoms with van der Waals surface area (Å²) in [4.78, 5) is 4.53. The minimum Gasteiger partial charge on any atom is -0.507 e. The lowest BCUT2D eigenvalue weighted by molar-refractivity contribution is 0.444. The third kappa shape index (κ3) is 4.47. The van der Waals surface area contributed by atoms with E-state index in [1.807, 2.05) is 18.2 Å². The number of nitrogens with zero attached hydrogens (tertiary/aromatic N) is 1. The molecule has 0 saturated heterocycles. The van der Waals surface area contributed by atoms with Crippen molar-refractivity contribution in [1.82, 2.24) is 0 Å². The Morgan fingerprint density at radius 2 is 1.54 bits per heavy atom. The Kier molecular flexibility index (Phi) is 5.17. The second kappa shape index (κ2) is 6.80. The maximum atomic E-state index is 10.7. The summed E-state index contributed by atoms with van der Waals surface area (Å²) in [7, 11) is 0. The molecule has 0 aliphatic heterocycles. The lowest BCUT2D eigenvalue weighted by Gasteiger charge is -2.27. The largest absolute Gasteiger partial charge is 0.507 e. The first kappa shape index (κ1) is 18.3. The molecule has 2 rings (SSSR count). The Bertz CT molecular complexity index is 716. The lowest BCUT2D eigenvalue weighted by Crippen LogP contribution is -2.17. The first-order valence-corrected chi connectivity index (χ1v) is 8.51. The fourth-order valence-corrected chi connectivity index (χ4v) is 2.59. The molecule has 1 N–H and O–H groups in total. The van der Waals surface area contributed by atoms with Crippen LogP contribution in [-0.2, 0) is 17.4 Å². The predicted molar refractivity (Wildman–Crippen MR) is 103 cm³/mol. The number of aromatic hydroxyl groups is 1. The van der Waals surface area contributed by atoms with E-state index in [-0.39, 0.29) is 10.8 Å². The van der Waals surface area contributed by atoms with Gasteiger partial charge in [-0.3, -0.25) is 4.99 Å². The molecular weight excluding hydrogens is 294 g/mol. The van der Waals surface area contributed by atoms with Crippen LogP contribution < -0.4 is 0 Å². The van der Waals surface area contributed by atoms with Crippen LogP contribution in [0, 0.1) is 0 Å². The molecule has 0 radical (unpaired) electrons. The molecule has 2 nitrogen and oxygen atoms in total. The topological polar surface area (TPSA) is 32.6 Å². The van der Waals surface area contributed by atoms with Crippen molar-refractivity contribution in [3.05, 3.63) is 64.7 Å². The monoisotopic (exact) mass is 323 g/mol. The van der Waals surface area contributed by atoms with E-state index in [1.165, 1.54) is 5.56 Å². The maximum absolute atomic E-state index is 10.7. The predicted octanol–water partition coefficient (Wildman–Crippen LogP) is 5.61. The van der Waals surface area contributed by atoms with Crippen LogP contribution in [0.15, 0.2) is 47.5 Å². The summed E-state index contributed by atoms with van der Waals surface area (Å²) in [5.41, 5.74) is 4.05. The van der Waals surface area contributed by atoms with Gasteiger partial charge in [0.2, 0.25) is 0 Å². The Labute approximate surface area is 146 Å². The van der Waals surface area contributed by atoms with Crippen molar-refractivity contribution in [2.45, 2.75) is 58.9 Å². The first-order chi connectivity index (χ1) is 11.1. The number of hydrogen-bond acceptors (Lipinski definition) is 2. The number of phenolic OH excluding ortho intramolecular Hbond substituents is 1. The SMILES string of the molecule is CC(C)(C)c1cc(C=NCc2ccccc2)c(O)c(C(C)(C)C)c1. The van der Waals surface area contributed by atoms with Crippen LogP contribution in [0.4, 0.5) is 0 Å². The van der Waals surface area contributed by atoms with Crippen molar-refractivity contribution >= 4 is 6.21 Å². The van der Waals surface area contributed by atoms with Crippen molar-refractivity contribution in [2.75, 3.05) is 0 Å². The van der Waals surface area contributed by atoms with E-state index < -0.39 is 0 Å². The van der Waals surface area contributed by atoms with Crippen molar-refractivity contribution < 1.29 is 5.11 Å². The van der Waals surface area contributed by atoms with E-state index >= 15 is 0 Å². The minimum absolute atomic E-state index is 0.0235. The summed E-state index contributed by atoms with van der Waals surface area (Å²) in [6, 6.07) is 14.3. The highest BCUT2D eigenvalue weighted by Gasteiger charge is 2.24. The Morgan fingerprint density at radius 3 is 2.08 bits per heavy atom. The van der Waals surface area contributed by atoms with Crippen molar-refractivity contribution in [3.8, 4) is 5.75 Å². The third-order valence-electron chi connectivity index (χ3n) is 4.16. The van der Waals surface area contributed by atoms with E-state index in [9.17, 15) is 5.11 Å². The van der Waals surface area contributed by atoms with Gasteiger partial charge in [0.1, 0.15) is 5.75 Å². The molecular formula is C22H29NO. The molecule has 0 amide bonds. The molecule has 2 heteroatoms. The summed E-state index contributed by atoms with van der Waals surface area (Å²) in [5.74, 6) is 0.340. The van der Waals surface area contributed by atoms with Crippen LogP contribution in [0.3, 0.4) is 0 Å². The molecule has 2 aromatic carbocycles. The molecule has 0 bridgehead atoms. The van der Waals surface area contributed by atoms with Crippen LogP contribution in [0.25, 0.3) is 0 Å². The summed E-state index contributed by atoms with van der Waals surface area (Å²) in [6.07, 6.45) is 1.80. The number of hydrogen-bond donors (Lipinski definition) is 1. The molecule has 0 aliphatic rings. The fourth-order valence-electron chi connectivity index (χ4n) is 2.59. The number of aliphatic imine (C=N–C) groups is 1. The van der Waals surface area contributed by atoms with Crippen LogP contribution in [-0.4, -0.2) is 11.3 Å². The van der Waals surface area contributed by atoms with Crippen LogP contribution in [0.1, 0.15) is 63.8 Å². The molecule has 0 aromatic heterocycles. The molecule has 24 heavy (non-hydrogen) atoms. The Hall–Kier alpha value is -2.09. The summed E-state index contributed by atoms with van der Waals surface area (Å²) < 4.78 is 0. The van der Waals surface area contributed by atoms with Crippen LogP contribution in [0.5, 0.6) is 5.75 Å². The summed E-state index contributed by atoms with van der Waals surface area (Å²) in [5, 5.41) is 10.7. The van der Waals surface area contributed by atoms with Gasteiger partial charge in [0.25, 0.3) is 0 Å². The van der Waals surface area contributed by atoms with E-state index in [0.29, 0.717) is 12.3 Å². The number of rotatable bonds is 3. The average Bonchev–Trinajstić information content (AvgIpc) is 2.47. The van der Waals surface area contributed by atoms with Gasteiger partial charge in [-0.25, -0.2) is 0 Å². The molecule has 0 heterocycles. The molecule has 0 unspecified atom stereocenters. The summed E-state index contributed by atoms with van der Waals surface area (Å²) in [6.45, 7) is 13.6. The zero-order chi connectivity index (χ0) is 18.0. The maximum Gasteiger partial charge on any atom is 0.128 e. The smallest absolute Gasteiger partial charge is 0.128 e. The number of benzene rings is 2. The fraction of sp³-hybridized carbons (Fsp3) is 0.409. The Balaban J connectivity index is 2.41. The number of phenols is 1. The zero-order valence-corrected chi connectivity index (χ0v) is 15.7. The normalized spacial score (nSPS) is 12.8. The molecule has 0 fully saturated rings. The van der Waals surface area contributed by atoms with Crippen LogP contribution in [0.2, 0.25) is 0 Å². The van der Waals surface area contributed by atoms with E-state index in [1.54, 1.807) is 6.21 Å². The second-order valence-corrected chi connectivity index (χ2v) is 8.42. The third-order valence-corrected chi connectivity index (χ3v) is 4.16. The van der Waals surface area contributed by atoms with Gasteiger partial charge in [0, 0.05) is 17.3 Å². The van der Waals surface area contributed by atoms with Crippen molar-refractivity contribution in [1.29, 1.82) is 0 Å². The van der Waals surface area contributed by atoms with Gasteiger partial charge in [0.15, 0.2) is 0 Å². The Morgan fingerprint density at radius 1 is 0.917 bits per heavy atom. The van der Waals surface area contributed by atoms with E-state index in [4.69, 9.17) is 0 Å². The van der Waals surface area contributed by atoms with Gasteiger partial charge < -0.3 is 5.11 Å². The minimum atomic E-state index is -0.118. The average molecular weight is 323 g/mol. The van der Waals surface area contributed by atoms with Crippen LogP contribution >= 0.6 is 0 Å². The molecule has 0 atom stereocenters. The summed E-state index contributed by atoms with van der Waals surface area (Å²) >= 11 is 0. The zero-order valence-electron chi connectivity index (χ0n) is 15.7. The van der Waals surface area contributed by atoms with Crippen molar-refractivity contribution in [2.24, 2.45) is 4.99 Å². The second-order valence-electron chi connectivity index (χ2n) is 8.42. The highest BCUT2D eigenvalue weighted by Crippen LogP contribution is 2.37. The van der Waals surface area contributed by atoms with Gasteiger partial charge in [-0.15, -0.1) is 0 Å². The molecule has 0 spiro atoms. The van der Waals surface area contributed by atoms with E-state index in [0.717, 1.165) is 16.7 Å². The van der Waals surface area contributed by atoms with Gasteiger partial charge in [-0.1, -0.05) is 77.9 Å². The molecule has 0 saturated carbocycles. The molecule has 0 aliphatic carbocycles. The van der Waals surface area contributed by atoms with Gasteiger partial charge >= 0.3 is 0 Å². The van der Waals surface area contributed by atoms with Crippen molar-refractivity contribution in [3.63, 3.8) is 0 Å². The lowest BCUT2D eigenvalue weighted by atomic mass is 9.79. The highest BCUT2D eigenvalue weighted by molar-refractivity contribution is 5.85. The van der Waals surface area contributed by atoms with E-state index in [2.05, 4.69) is 70.8 Å². The molecule has 2 aromatic rings. The quantitative estimate of drug-likeness (QED) is 0.732. The standard InChI is InChI=1S/C22H29NO/c1-21(2,3)18-12-17(20(24)19(13-18)22(4,5)6)15-23-14-16-10-8-7-9-11-16/h7-13,15,24H,14H2,1-6H3.